The van der Waals surface area contributed by atoms with Gasteiger partial charge in [-0.25, -0.2) is 4.98 Å². The zero-order chi connectivity index (χ0) is 17.5. The highest BCUT2D eigenvalue weighted by Crippen LogP contribution is 2.43. The Morgan fingerprint density at radius 2 is 1.92 bits per heavy atom. The summed E-state index contributed by atoms with van der Waals surface area (Å²) in [6.45, 7) is 0. The highest BCUT2D eigenvalue weighted by molar-refractivity contribution is 5.92. The van der Waals surface area contributed by atoms with Gasteiger partial charge in [-0.05, 0) is 37.8 Å². The molecule has 1 amide bonds. The first-order chi connectivity index (χ1) is 12.8. The van der Waals surface area contributed by atoms with E-state index in [1.807, 2.05) is 17.0 Å². The zero-order valence-electron chi connectivity index (χ0n) is 14.0. The number of carbonyl (C=O) groups excluding carboxylic acids is 1. The van der Waals surface area contributed by atoms with Crippen LogP contribution in [0.25, 0.3) is 11.4 Å². The Kier molecular flexibility index (Phi) is 3.55. The van der Waals surface area contributed by atoms with Gasteiger partial charge in [-0.15, -0.1) is 0 Å². The molecular formula is C18H17N5O3. The van der Waals surface area contributed by atoms with Crippen molar-refractivity contribution in [2.24, 2.45) is 0 Å². The molecule has 8 nitrogen and oxygen atoms in total. The summed E-state index contributed by atoms with van der Waals surface area (Å²) in [7, 11) is 0. The first kappa shape index (κ1) is 15.2. The minimum absolute atomic E-state index is 0.0484. The van der Waals surface area contributed by atoms with Crippen molar-refractivity contribution in [1.29, 1.82) is 0 Å². The summed E-state index contributed by atoms with van der Waals surface area (Å²) in [6.07, 6.45) is 9.77. The molecule has 2 fully saturated rings. The second kappa shape index (κ2) is 6.05. The molecule has 3 aromatic heterocycles. The number of oxazole rings is 1. The first-order valence-electron chi connectivity index (χ1n) is 8.74. The first-order valence-corrected chi connectivity index (χ1v) is 8.74. The molecule has 0 N–H and O–H groups in total. The maximum Gasteiger partial charge on any atom is 0.276 e. The van der Waals surface area contributed by atoms with Crippen LogP contribution in [0.1, 0.15) is 48.0 Å². The zero-order valence-corrected chi connectivity index (χ0v) is 14.0. The van der Waals surface area contributed by atoms with E-state index in [0.717, 1.165) is 31.2 Å². The second-order valence-electron chi connectivity index (χ2n) is 6.83. The van der Waals surface area contributed by atoms with Crippen LogP contribution in [0.5, 0.6) is 0 Å². The maximum absolute atomic E-state index is 12.7. The van der Waals surface area contributed by atoms with E-state index in [9.17, 15) is 4.79 Å². The Balaban J connectivity index is 1.35. The van der Waals surface area contributed by atoms with Crippen molar-refractivity contribution in [1.82, 2.24) is 25.0 Å². The fourth-order valence-electron chi connectivity index (χ4n) is 4.18. The van der Waals surface area contributed by atoms with Crippen molar-refractivity contribution >= 4 is 5.91 Å². The van der Waals surface area contributed by atoms with Crippen LogP contribution in [-0.4, -0.2) is 43.0 Å². The molecule has 5 rings (SSSR count). The van der Waals surface area contributed by atoms with Crippen LogP contribution < -0.4 is 0 Å². The van der Waals surface area contributed by atoms with E-state index in [-0.39, 0.29) is 23.9 Å². The van der Waals surface area contributed by atoms with Crippen LogP contribution in [0.2, 0.25) is 0 Å². The Morgan fingerprint density at radius 3 is 2.62 bits per heavy atom. The number of pyridine rings is 1. The summed E-state index contributed by atoms with van der Waals surface area (Å²) in [6, 6.07) is 4.08. The van der Waals surface area contributed by atoms with E-state index in [2.05, 4.69) is 20.1 Å². The summed E-state index contributed by atoms with van der Waals surface area (Å²) in [4.78, 5) is 27.3. The molecular weight excluding hydrogens is 334 g/mol. The van der Waals surface area contributed by atoms with Gasteiger partial charge in [-0.3, -0.25) is 9.78 Å². The number of fused-ring (bicyclic) bond motifs is 2. The van der Waals surface area contributed by atoms with Gasteiger partial charge in [0.1, 0.15) is 6.26 Å². The van der Waals surface area contributed by atoms with E-state index >= 15 is 0 Å². The summed E-state index contributed by atoms with van der Waals surface area (Å²) < 4.78 is 10.5. The molecule has 2 aliphatic rings. The number of piperidine rings is 1. The van der Waals surface area contributed by atoms with Crippen molar-refractivity contribution in [3.8, 4) is 11.4 Å². The van der Waals surface area contributed by atoms with Crippen LogP contribution in [0.15, 0.2) is 46.1 Å². The average molecular weight is 351 g/mol. The lowest BCUT2D eigenvalue weighted by Gasteiger charge is -2.37. The normalized spacial score (nSPS) is 24.8. The van der Waals surface area contributed by atoms with Crippen molar-refractivity contribution in [2.75, 3.05) is 0 Å². The molecule has 26 heavy (non-hydrogen) atoms. The number of hydrogen-bond donors (Lipinski definition) is 0. The average Bonchev–Trinajstić information content (AvgIpc) is 3.42. The fourth-order valence-corrected chi connectivity index (χ4v) is 4.18. The number of hydrogen-bond acceptors (Lipinski definition) is 7. The molecule has 2 saturated heterocycles. The number of carbonyl (C=O) groups is 1. The standard InChI is InChI=1S/C18H17N5O3/c24-18(15-9-25-10-20-15)23-13-1-2-14(23)8-12(7-13)17-21-16(22-26-17)11-3-5-19-6-4-11/h3-6,9-10,12-14H,1-2,7-8H2/t12?,13-,14+. The third-order valence-electron chi connectivity index (χ3n) is 5.35. The summed E-state index contributed by atoms with van der Waals surface area (Å²) in [5.41, 5.74) is 1.26. The lowest BCUT2D eigenvalue weighted by Crippen LogP contribution is -2.46. The van der Waals surface area contributed by atoms with Crippen molar-refractivity contribution in [2.45, 2.75) is 43.7 Å². The number of nitrogens with zero attached hydrogens (tertiary/aromatic N) is 5. The molecule has 0 radical (unpaired) electrons. The smallest absolute Gasteiger partial charge is 0.276 e. The van der Waals surface area contributed by atoms with Gasteiger partial charge in [0, 0.05) is 36.0 Å². The van der Waals surface area contributed by atoms with Crippen LogP contribution >= 0.6 is 0 Å². The van der Waals surface area contributed by atoms with E-state index in [1.165, 1.54) is 12.7 Å². The van der Waals surface area contributed by atoms with Gasteiger partial charge in [0.05, 0.1) is 0 Å². The third-order valence-corrected chi connectivity index (χ3v) is 5.35. The second-order valence-corrected chi connectivity index (χ2v) is 6.83. The maximum atomic E-state index is 12.7. The van der Waals surface area contributed by atoms with Crippen LogP contribution in [0.3, 0.4) is 0 Å². The molecule has 2 aliphatic heterocycles. The van der Waals surface area contributed by atoms with E-state index in [0.29, 0.717) is 17.4 Å². The van der Waals surface area contributed by atoms with Gasteiger partial charge in [0.25, 0.3) is 5.91 Å². The molecule has 0 aliphatic carbocycles. The Hall–Kier alpha value is -3.03. The molecule has 132 valence electrons. The number of amides is 1. The molecule has 5 heterocycles. The Morgan fingerprint density at radius 1 is 1.15 bits per heavy atom. The summed E-state index contributed by atoms with van der Waals surface area (Å²) in [5, 5.41) is 4.11. The van der Waals surface area contributed by atoms with Gasteiger partial charge in [0.15, 0.2) is 12.1 Å². The van der Waals surface area contributed by atoms with Gasteiger partial charge < -0.3 is 13.8 Å². The van der Waals surface area contributed by atoms with E-state index < -0.39 is 0 Å². The largest absolute Gasteiger partial charge is 0.451 e. The van der Waals surface area contributed by atoms with Gasteiger partial charge in [-0.1, -0.05) is 5.16 Å². The molecule has 0 saturated carbocycles. The lowest BCUT2D eigenvalue weighted by atomic mass is 9.90. The predicted octanol–water partition coefficient (Wildman–Crippen LogP) is 2.67. The Labute approximate surface area is 149 Å². The molecule has 3 atom stereocenters. The lowest BCUT2D eigenvalue weighted by molar-refractivity contribution is 0.0549. The highest BCUT2D eigenvalue weighted by atomic mass is 16.5. The van der Waals surface area contributed by atoms with Crippen molar-refractivity contribution in [3.05, 3.63) is 48.8 Å². The minimum Gasteiger partial charge on any atom is -0.451 e. The van der Waals surface area contributed by atoms with E-state index in [4.69, 9.17) is 8.94 Å². The SMILES string of the molecule is O=C(c1cocn1)N1[C@@H]2CC[C@H]1CC(c1nc(-c3ccncc3)no1)C2. The van der Waals surface area contributed by atoms with Gasteiger partial charge >= 0.3 is 0 Å². The minimum atomic E-state index is -0.0484. The quantitative estimate of drug-likeness (QED) is 0.715. The Bertz CT molecular complexity index is 894. The molecule has 8 heteroatoms. The molecule has 3 aromatic rings. The van der Waals surface area contributed by atoms with Gasteiger partial charge in [-0.2, -0.15) is 4.98 Å². The van der Waals surface area contributed by atoms with Gasteiger partial charge in [0.2, 0.25) is 11.7 Å². The molecule has 2 bridgehead atoms. The van der Waals surface area contributed by atoms with E-state index in [1.54, 1.807) is 12.4 Å². The molecule has 0 aromatic carbocycles. The summed E-state index contributed by atoms with van der Waals surface area (Å²) >= 11 is 0. The fraction of sp³-hybridized carbons (Fsp3) is 0.389. The topological polar surface area (TPSA) is 98.2 Å². The molecule has 0 spiro atoms. The summed E-state index contributed by atoms with van der Waals surface area (Å²) in [5.74, 6) is 1.36. The predicted molar refractivity (Wildman–Crippen MR) is 89.0 cm³/mol. The van der Waals surface area contributed by atoms with Crippen LogP contribution in [0, 0.1) is 0 Å². The third kappa shape index (κ3) is 2.49. The highest BCUT2D eigenvalue weighted by Gasteiger charge is 2.45. The number of rotatable bonds is 3. The number of aromatic nitrogens is 4. The van der Waals surface area contributed by atoms with Crippen molar-refractivity contribution < 1.29 is 13.7 Å². The van der Waals surface area contributed by atoms with Crippen molar-refractivity contribution in [3.63, 3.8) is 0 Å². The van der Waals surface area contributed by atoms with Crippen LogP contribution in [-0.2, 0) is 0 Å². The van der Waals surface area contributed by atoms with Crippen LogP contribution in [0.4, 0.5) is 0 Å². The monoisotopic (exact) mass is 351 g/mol. The molecule has 1 unspecified atom stereocenters.